The molecule has 1 saturated carbocycles. The lowest BCUT2D eigenvalue weighted by Gasteiger charge is -2.26. The summed E-state index contributed by atoms with van der Waals surface area (Å²) in [5, 5.41) is 0.0601. The van der Waals surface area contributed by atoms with Crippen LogP contribution in [0.3, 0.4) is 0 Å². The van der Waals surface area contributed by atoms with Gasteiger partial charge in [0, 0.05) is 30.7 Å². The topological polar surface area (TPSA) is 40.6 Å². The molecule has 0 bridgehead atoms. The molecule has 3 rings (SSSR count). The normalized spacial score (nSPS) is 19.6. The van der Waals surface area contributed by atoms with E-state index in [-0.39, 0.29) is 23.6 Å². The summed E-state index contributed by atoms with van der Waals surface area (Å²) in [7, 11) is 3.91. The third-order valence-electron chi connectivity index (χ3n) is 4.26. The van der Waals surface area contributed by atoms with Gasteiger partial charge in [0.05, 0.1) is 12.1 Å². The molecule has 1 amide bonds. The van der Waals surface area contributed by atoms with Gasteiger partial charge in [-0.1, -0.05) is 12.8 Å². The lowest BCUT2D eigenvalue weighted by molar-refractivity contribution is -0.111. The summed E-state index contributed by atoms with van der Waals surface area (Å²) in [6.45, 7) is 0.236. The Morgan fingerprint density at radius 2 is 1.90 bits per heavy atom. The number of benzene rings is 1. The molecule has 0 saturated heterocycles. The number of carbonyl (C=O) groups excluding carboxylic acids is 2. The molecule has 112 valence electrons. The quantitative estimate of drug-likeness (QED) is 0.842. The van der Waals surface area contributed by atoms with Gasteiger partial charge in [-0.2, -0.15) is 0 Å². The van der Waals surface area contributed by atoms with Gasteiger partial charge in [0.1, 0.15) is 0 Å². The highest BCUT2D eigenvalue weighted by molar-refractivity contribution is 8.13. The maximum absolute atomic E-state index is 12.8. The molecule has 4 nitrogen and oxygen atoms in total. The van der Waals surface area contributed by atoms with Crippen LogP contribution in [0.4, 0.5) is 5.69 Å². The Hall–Kier alpha value is -1.49. The lowest BCUT2D eigenvalue weighted by atomic mass is 10.1. The Morgan fingerprint density at radius 1 is 1.19 bits per heavy atom. The molecule has 0 atom stereocenters. The van der Waals surface area contributed by atoms with Crippen molar-refractivity contribution in [2.75, 3.05) is 25.5 Å². The molecule has 5 heteroatoms. The first kappa shape index (κ1) is 14.4. The van der Waals surface area contributed by atoms with Crippen molar-refractivity contribution < 1.29 is 9.59 Å². The van der Waals surface area contributed by atoms with Crippen molar-refractivity contribution in [2.24, 2.45) is 0 Å². The number of thioether (sulfide) groups is 1. The van der Waals surface area contributed by atoms with E-state index >= 15 is 0 Å². The van der Waals surface area contributed by atoms with Crippen LogP contribution >= 0.6 is 11.8 Å². The van der Waals surface area contributed by atoms with Crippen molar-refractivity contribution in [3.63, 3.8) is 0 Å². The second-order valence-corrected chi connectivity index (χ2v) is 7.02. The molecule has 0 aromatic heterocycles. The van der Waals surface area contributed by atoms with Gasteiger partial charge in [0.2, 0.25) is 5.12 Å². The maximum Gasteiger partial charge on any atom is 0.255 e. The fraction of sp³-hybridized carbons (Fsp3) is 0.500. The zero-order valence-electron chi connectivity index (χ0n) is 12.5. The molecular formula is C16H20N2O2S. The first-order chi connectivity index (χ1) is 10.1. The Balaban J connectivity index is 1.97. The van der Waals surface area contributed by atoms with Gasteiger partial charge in [0.15, 0.2) is 0 Å². The smallest absolute Gasteiger partial charge is 0.255 e. The van der Waals surface area contributed by atoms with E-state index in [1.807, 2.05) is 37.2 Å². The number of nitrogens with zero attached hydrogens (tertiary/aromatic N) is 2. The van der Waals surface area contributed by atoms with Crippen LogP contribution in [0.5, 0.6) is 0 Å². The molecule has 21 heavy (non-hydrogen) atoms. The standard InChI is InChI=1S/C16H20N2O2S/c1-17(2)12-7-8-13-14(9-12)21-15(19)10-18(16(13)20)11-5-3-4-6-11/h7-9,11H,3-6,10H2,1-2H3. The monoisotopic (exact) mass is 304 g/mol. The highest BCUT2D eigenvalue weighted by Gasteiger charge is 2.33. The zero-order valence-corrected chi connectivity index (χ0v) is 13.3. The van der Waals surface area contributed by atoms with E-state index < -0.39 is 0 Å². The van der Waals surface area contributed by atoms with Gasteiger partial charge >= 0.3 is 0 Å². The van der Waals surface area contributed by atoms with Crippen LogP contribution in [0.2, 0.25) is 0 Å². The molecule has 1 heterocycles. The van der Waals surface area contributed by atoms with Crippen molar-refractivity contribution >= 4 is 28.5 Å². The molecule has 1 aliphatic heterocycles. The fourth-order valence-corrected chi connectivity index (χ4v) is 3.98. The fourth-order valence-electron chi connectivity index (χ4n) is 3.08. The lowest BCUT2D eigenvalue weighted by Crippen LogP contribution is -2.40. The second kappa shape index (κ2) is 5.72. The molecule has 1 aliphatic carbocycles. The highest BCUT2D eigenvalue weighted by atomic mass is 32.2. The van der Waals surface area contributed by atoms with Crippen LogP contribution in [0.25, 0.3) is 0 Å². The number of amides is 1. The van der Waals surface area contributed by atoms with Gasteiger partial charge in [-0.15, -0.1) is 0 Å². The summed E-state index contributed by atoms with van der Waals surface area (Å²) in [6, 6.07) is 5.98. The zero-order chi connectivity index (χ0) is 15.0. The second-order valence-electron chi connectivity index (χ2n) is 5.92. The minimum atomic E-state index is 0.0144. The first-order valence-corrected chi connectivity index (χ1v) is 8.21. The molecule has 1 aromatic rings. The minimum absolute atomic E-state index is 0.0144. The molecule has 1 aromatic carbocycles. The summed E-state index contributed by atoms with van der Waals surface area (Å²) in [5.41, 5.74) is 1.68. The number of carbonyl (C=O) groups is 2. The number of hydrogen-bond donors (Lipinski definition) is 0. The van der Waals surface area contributed by atoms with E-state index in [0.29, 0.717) is 5.56 Å². The van der Waals surface area contributed by atoms with Crippen molar-refractivity contribution in [2.45, 2.75) is 36.6 Å². The maximum atomic E-state index is 12.8. The summed E-state index contributed by atoms with van der Waals surface area (Å²) >= 11 is 1.20. The van der Waals surface area contributed by atoms with Crippen LogP contribution in [0, 0.1) is 0 Å². The highest BCUT2D eigenvalue weighted by Crippen LogP contribution is 2.34. The molecule has 0 radical (unpaired) electrons. The van der Waals surface area contributed by atoms with Crippen LogP contribution in [-0.2, 0) is 4.79 Å². The molecule has 0 unspecified atom stereocenters. The van der Waals surface area contributed by atoms with Crippen molar-refractivity contribution in [3.05, 3.63) is 23.8 Å². The number of fused-ring (bicyclic) bond motifs is 1. The van der Waals surface area contributed by atoms with E-state index in [4.69, 9.17) is 0 Å². The van der Waals surface area contributed by atoms with Gasteiger partial charge in [-0.3, -0.25) is 9.59 Å². The number of hydrogen-bond acceptors (Lipinski definition) is 4. The Labute approximate surface area is 129 Å². The predicted octanol–water partition coefficient (Wildman–Crippen LogP) is 2.77. The Morgan fingerprint density at radius 3 is 2.57 bits per heavy atom. The summed E-state index contributed by atoms with van der Waals surface area (Å²) < 4.78 is 0. The molecule has 1 fully saturated rings. The molecular weight excluding hydrogens is 284 g/mol. The average Bonchev–Trinajstić information content (AvgIpc) is 2.94. The minimum Gasteiger partial charge on any atom is -0.378 e. The summed E-state index contributed by atoms with van der Waals surface area (Å²) in [6.07, 6.45) is 4.36. The van der Waals surface area contributed by atoms with E-state index in [1.165, 1.54) is 11.8 Å². The van der Waals surface area contributed by atoms with E-state index in [1.54, 1.807) is 4.90 Å². The van der Waals surface area contributed by atoms with E-state index in [0.717, 1.165) is 36.3 Å². The number of anilines is 1. The SMILES string of the molecule is CN(C)c1ccc2c(c1)SC(=O)CN(C1CCCC1)C2=O. The molecule has 2 aliphatic rings. The van der Waals surface area contributed by atoms with Crippen molar-refractivity contribution in [3.8, 4) is 0 Å². The third kappa shape index (κ3) is 2.79. The van der Waals surface area contributed by atoms with Gasteiger partial charge < -0.3 is 9.80 Å². The third-order valence-corrected chi connectivity index (χ3v) is 5.18. The van der Waals surface area contributed by atoms with Gasteiger partial charge in [-0.05, 0) is 42.8 Å². The number of rotatable bonds is 2. The summed E-state index contributed by atoms with van der Waals surface area (Å²) in [5.74, 6) is 0.0144. The Bertz CT molecular complexity index is 580. The van der Waals surface area contributed by atoms with Crippen LogP contribution in [-0.4, -0.2) is 42.6 Å². The first-order valence-electron chi connectivity index (χ1n) is 7.39. The largest absolute Gasteiger partial charge is 0.378 e. The summed E-state index contributed by atoms with van der Waals surface area (Å²) in [4.78, 5) is 29.6. The van der Waals surface area contributed by atoms with Gasteiger partial charge in [0.25, 0.3) is 5.91 Å². The van der Waals surface area contributed by atoms with Crippen LogP contribution in [0.1, 0.15) is 36.0 Å². The predicted molar refractivity (Wildman–Crippen MR) is 84.9 cm³/mol. The van der Waals surface area contributed by atoms with Crippen LogP contribution in [0.15, 0.2) is 23.1 Å². The van der Waals surface area contributed by atoms with E-state index in [2.05, 4.69) is 0 Å². The van der Waals surface area contributed by atoms with Crippen molar-refractivity contribution in [1.29, 1.82) is 0 Å². The average molecular weight is 304 g/mol. The Kier molecular flexibility index (Phi) is 3.93. The molecule has 0 spiro atoms. The van der Waals surface area contributed by atoms with E-state index in [9.17, 15) is 9.59 Å². The van der Waals surface area contributed by atoms with Crippen molar-refractivity contribution in [1.82, 2.24) is 4.90 Å². The van der Waals surface area contributed by atoms with Gasteiger partial charge in [-0.25, -0.2) is 0 Å². The molecule has 0 N–H and O–H groups in total. The van der Waals surface area contributed by atoms with Crippen LogP contribution < -0.4 is 4.90 Å².